The van der Waals surface area contributed by atoms with E-state index < -0.39 is 0 Å². The number of amides is 1. The Bertz CT molecular complexity index is 506. The lowest BCUT2D eigenvalue weighted by molar-refractivity contribution is -0.121. The van der Waals surface area contributed by atoms with E-state index in [9.17, 15) is 4.79 Å². The van der Waals surface area contributed by atoms with Crippen molar-refractivity contribution in [2.45, 2.75) is 12.6 Å². The van der Waals surface area contributed by atoms with Gasteiger partial charge in [-0.25, -0.2) is 0 Å². The van der Waals surface area contributed by atoms with Crippen molar-refractivity contribution in [3.63, 3.8) is 0 Å². The first-order valence-corrected chi connectivity index (χ1v) is 6.86. The van der Waals surface area contributed by atoms with Gasteiger partial charge in [0.15, 0.2) is 11.5 Å². The Labute approximate surface area is 117 Å². The van der Waals surface area contributed by atoms with E-state index in [1.165, 1.54) is 0 Å². The third-order valence-electron chi connectivity index (χ3n) is 3.62. The van der Waals surface area contributed by atoms with Crippen LogP contribution < -0.4 is 20.5 Å². The number of carbonyl (C=O) groups excluding carboxylic acids is 1. The van der Waals surface area contributed by atoms with Gasteiger partial charge in [-0.15, -0.1) is 0 Å². The summed E-state index contributed by atoms with van der Waals surface area (Å²) in [6.45, 7) is 4.29. The second kappa shape index (κ2) is 5.68. The fraction of sp³-hybridized carbons (Fsp3) is 0.500. The maximum absolute atomic E-state index is 11.2. The smallest absolute Gasteiger partial charge is 0.235 e. The summed E-state index contributed by atoms with van der Waals surface area (Å²) in [7, 11) is 0. The van der Waals surface area contributed by atoms with Crippen LogP contribution in [0.15, 0.2) is 18.2 Å². The summed E-state index contributed by atoms with van der Waals surface area (Å²) >= 11 is 0. The average Bonchev–Trinajstić information content (AvgIpc) is 2.47. The highest BCUT2D eigenvalue weighted by molar-refractivity contribution is 5.80. The minimum Gasteiger partial charge on any atom is -0.486 e. The molecule has 108 valence electrons. The van der Waals surface area contributed by atoms with E-state index in [1.807, 2.05) is 18.2 Å². The largest absolute Gasteiger partial charge is 0.486 e. The van der Waals surface area contributed by atoms with Crippen molar-refractivity contribution in [1.82, 2.24) is 10.2 Å². The molecule has 6 nitrogen and oxygen atoms in total. The second-order valence-electron chi connectivity index (χ2n) is 5.12. The summed E-state index contributed by atoms with van der Waals surface area (Å²) in [4.78, 5) is 13.5. The van der Waals surface area contributed by atoms with Crippen molar-refractivity contribution < 1.29 is 14.3 Å². The monoisotopic (exact) mass is 277 g/mol. The highest BCUT2D eigenvalue weighted by Crippen LogP contribution is 2.31. The van der Waals surface area contributed by atoms with Crippen LogP contribution in [0.25, 0.3) is 0 Å². The zero-order valence-electron chi connectivity index (χ0n) is 11.3. The van der Waals surface area contributed by atoms with Gasteiger partial charge >= 0.3 is 0 Å². The zero-order valence-corrected chi connectivity index (χ0v) is 11.3. The van der Waals surface area contributed by atoms with Crippen LogP contribution in [-0.4, -0.2) is 49.7 Å². The van der Waals surface area contributed by atoms with Crippen molar-refractivity contribution in [2.24, 2.45) is 5.73 Å². The lowest BCUT2D eigenvalue weighted by Crippen LogP contribution is -2.55. The summed E-state index contributed by atoms with van der Waals surface area (Å²) in [6.07, 6.45) is 0. The van der Waals surface area contributed by atoms with Gasteiger partial charge in [-0.05, 0) is 17.7 Å². The molecule has 0 aromatic heterocycles. The number of fused-ring (bicyclic) bond motifs is 1. The molecule has 1 saturated heterocycles. The van der Waals surface area contributed by atoms with Crippen LogP contribution in [0.1, 0.15) is 5.56 Å². The quantitative estimate of drug-likeness (QED) is 0.794. The number of nitrogens with one attached hydrogen (secondary N) is 1. The van der Waals surface area contributed by atoms with E-state index in [0.29, 0.717) is 19.8 Å². The fourth-order valence-electron chi connectivity index (χ4n) is 2.59. The van der Waals surface area contributed by atoms with E-state index in [1.54, 1.807) is 0 Å². The highest BCUT2D eigenvalue weighted by atomic mass is 16.6. The number of nitrogens with two attached hydrogens (primary N) is 1. The standard InChI is InChI=1S/C14H19N3O3/c15-14(18)11-9-17(4-3-16-11)8-10-1-2-12-13(7-10)20-6-5-19-12/h1-2,7,11,16H,3-6,8-9H2,(H2,15,18). The van der Waals surface area contributed by atoms with Crippen LogP contribution in [0.5, 0.6) is 11.5 Å². The molecule has 6 heteroatoms. The van der Waals surface area contributed by atoms with E-state index >= 15 is 0 Å². The molecule has 1 atom stereocenters. The number of rotatable bonds is 3. The molecule has 0 radical (unpaired) electrons. The molecule has 0 saturated carbocycles. The van der Waals surface area contributed by atoms with Gasteiger partial charge in [0.2, 0.25) is 5.91 Å². The summed E-state index contributed by atoms with van der Waals surface area (Å²) in [5.41, 5.74) is 6.50. The maximum Gasteiger partial charge on any atom is 0.235 e. The van der Waals surface area contributed by atoms with Gasteiger partial charge in [0.25, 0.3) is 0 Å². The molecule has 2 aliphatic rings. The van der Waals surface area contributed by atoms with Gasteiger partial charge in [0.05, 0.1) is 6.04 Å². The molecule has 0 spiro atoms. The van der Waals surface area contributed by atoms with Crippen molar-refractivity contribution in [3.8, 4) is 11.5 Å². The molecule has 0 bridgehead atoms. The van der Waals surface area contributed by atoms with Gasteiger partial charge in [0, 0.05) is 26.2 Å². The summed E-state index contributed by atoms with van der Waals surface area (Å²) in [5, 5.41) is 3.12. The van der Waals surface area contributed by atoms with Crippen LogP contribution in [0.2, 0.25) is 0 Å². The normalized spacial score (nSPS) is 22.5. The Kier molecular flexibility index (Phi) is 3.75. The fourth-order valence-corrected chi connectivity index (χ4v) is 2.59. The number of primary amides is 1. The lowest BCUT2D eigenvalue weighted by atomic mass is 10.1. The van der Waals surface area contributed by atoms with Gasteiger partial charge < -0.3 is 20.5 Å². The minimum absolute atomic E-state index is 0.263. The van der Waals surface area contributed by atoms with E-state index in [4.69, 9.17) is 15.2 Å². The van der Waals surface area contributed by atoms with Crippen molar-refractivity contribution in [3.05, 3.63) is 23.8 Å². The predicted octanol–water partition coefficient (Wildman–Crippen LogP) is -0.283. The van der Waals surface area contributed by atoms with Crippen LogP contribution in [0.4, 0.5) is 0 Å². The lowest BCUT2D eigenvalue weighted by Gasteiger charge is -2.32. The third kappa shape index (κ3) is 2.86. The second-order valence-corrected chi connectivity index (χ2v) is 5.12. The molecule has 0 aliphatic carbocycles. The van der Waals surface area contributed by atoms with Crippen LogP contribution in [-0.2, 0) is 11.3 Å². The number of ether oxygens (including phenoxy) is 2. The molecule has 1 aromatic carbocycles. The summed E-state index contributed by atoms with van der Waals surface area (Å²) in [6, 6.07) is 5.73. The molecule has 3 rings (SSSR count). The summed E-state index contributed by atoms with van der Waals surface area (Å²) in [5.74, 6) is 1.31. The molecular weight excluding hydrogens is 258 g/mol. The molecule has 20 heavy (non-hydrogen) atoms. The summed E-state index contributed by atoms with van der Waals surface area (Å²) < 4.78 is 11.1. The zero-order chi connectivity index (χ0) is 13.9. The topological polar surface area (TPSA) is 76.8 Å². The van der Waals surface area contributed by atoms with E-state index in [2.05, 4.69) is 10.2 Å². The van der Waals surface area contributed by atoms with Gasteiger partial charge in [-0.1, -0.05) is 6.07 Å². The molecular formula is C14H19N3O3. The molecule has 1 aromatic rings. The van der Waals surface area contributed by atoms with E-state index in [-0.39, 0.29) is 11.9 Å². The molecule has 1 fully saturated rings. The number of carbonyl (C=O) groups is 1. The van der Waals surface area contributed by atoms with E-state index in [0.717, 1.165) is 36.7 Å². The molecule has 1 amide bonds. The first-order chi connectivity index (χ1) is 9.72. The first kappa shape index (κ1) is 13.2. The van der Waals surface area contributed by atoms with Gasteiger partial charge in [0.1, 0.15) is 13.2 Å². The Morgan fingerprint density at radius 3 is 2.95 bits per heavy atom. The third-order valence-corrected chi connectivity index (χ3v) is 3.62. The number of nitrogens with zero attached hydrogens (tertiary/aromatic N) is 1. The molecule has 1 unspecified atom stereocenters. The number of piperazine rings is 1. The van der Waals surface area contributed by atoms with Crippen molar-refractivity contribution >= 4 is 5.91 Å². The Hall–Kier alpha value is -1.79. The number of hydrogen-bond acceptors (Lipinski definition) is 5. The Balaban J connectivity index is 1.66. The number of benzene rings is 1. The Morgan fingerprint density at radius 1 is 1.35 bits per heavy atom. The van der Waals surface area contributed by atoms with Crippen LogP contribution in [0.3, 0.4) is 0 Å². The molecule has 3 N–H and O–H groups in total. The Morgan fingerprint density at radius 2 is 2.15 bits per heavy atom. The average molecular weight is 277 g/mol. The minimum atomic E-state index is -0.295. The predicted molar refractivity (Wildman–Crippen MR) is 73.7 cm³/mol. The maximum atomic E-state index is 11.2. The highest BCUT2D eigenvalue weighted by Gasteiger charge is 2.23. The number of hydrogen-bond donors (Lipinski definition) is 2. The van der Waals surface area contributed by atoms with Crippen LogP contribution in [0, 0.1) is 0 Å². The molecule has 2 heterocycles. The SMILES string of the molecule is NC(=O)C1CN(Cc2ccc3c(c2)OCCO3)CCN1. The first-order valence-electron chi connectivity index (χ1n) is 6.86. The molecule has 2 aliphatic heterocycles. The van der Waals surface area contributed by atoms with Gasteiger partial charge in [-0.2, -0.15) is 0 Å². The van der Waals surface area contributed by atoms with Crippen LogP contribution >= 0.6 is 0 Å². The van der Waals surface area contributed by atoms with Crippen molar-refractivity contribution in [1.29, 1.82) is 0 Å². The van der Waals surface area contributed by atoms with Crippen molar-refractivity contribution in [2.75, 3.05) is 32.8 Å². The van der Waals surface area contributed by atoms with Gasteiger partial charge in [-0.3, -0.25) is 9.69 Å².